The van der Waals surface area contributed by atoms with Crippen molar-refractivity contribution in [3.8, 4) is 5.75 Å². The number of nitrogens with one attached hydrogen (secondary N) is 1. The number of ether oxygens (including phenoxy) is 1. The summed E-state index contributed by atoms with van der Waals surface area (Å²) in [4.78, 5) is 12.1. The van der Waals surface area contributed by atoms with Crippen molar-refractivity contribution in [2.45, 2.75) is 44.9 Å². The van der Waals surface area contributed by atoms with Crippen molar-refractivity contribution in [1.82, 2.24) is 5.32 Å². The van der Waals surface area contributed by atoms with E-state index in [1.165, 1.54) is 24.0 Å². The molecule has 0 aromatic heterocycles. The number of rotatable bonds is 6. The second-order valence-electron chi connectivity index (χ2n) is 6.31. The van der Waals surface area contributed by atoms with Gasteiger partial charge < -0.3 is 10.1 Å². The molecule has 114 valence electrons. The second-order valence-corrected chi connectivity index (χ2v) is 6.31. The molecule has 21 heavy (non-hydrogen) atoms. The molecule has 1 N–H and O–H groups in total. The Bertz CT molecular complexity index is 492. The van der Waals surface area contributed by atoms with Crippen molar-refractivity contribution in [3.63, 3.8) is 0 Å². The van der Waals surface area contributed by atoms with Crippen molar-refractivity contribution in [3.05, 3.63) is 29.3 Å². The maximum Gasteiger partial charge on any atom is 0.133 e. The minimum absolute atomic E-state index is 0.422. The van der Waals surface area contributed by atoms with Crippen LogP contribution in [0.5, 0.6) is 5.75 Å². The van der Waals surface area contributed by atoms with Crippen LogP contribution in [0.1, 0.15) is 43.2 Å². The van der Waals surface area contributed by atoms with Crippen molar-refractivity contribution in [2.24, 2.45) is 5.92 Å². The maximum absolute atomic E-state index is 12.1. The van der Waals surface area contributed by atoms with Crippen LogP contribution in [0.25, 0.3) is 0 Å². The number of fused-ring (bicyclic) bond motifs is 1. The van der Waals surface area contributed by atoms with Crippen molar-refractivity contribution in [1.29, 1.82) is 0 Å². The van der Waals surface area contributed by atoms with Crippen LogP contribution in [0.4, 0.5) is 0 Å². The Kier molecular flexibility index (Phi) is 4.91. The summed E-state index contributed by atoms with van der Waals surface area (Å²) in [5.74, 6) is 2.20. The van der Waals surface area contributed by atoms with Crippen molar-refractivity contribution in [2.75, 3.05) is 19.7 Å². The van der Waals surface area contributed by atoms with Gasteiger partial charge in [0.25, 0.3) is 0 Å². The highest BCUT2D eigenvalue weighted by molar-refractivity contribution is 5.78. The normalized spacial score (nSPS) is 18.3. The standard InChI is InChI=1S/C18H25NO2/c20-17(4-1-14-7-10-19-11-8-14)5-2-15-3-6-18-16(13-15)9-12-21-18/h3,6,13-14,19H,1-2,4-5,7-12H2. The highest BCUT2D eigenvalue weighted by Crippen LogP contribution is 2.26. The maximum atomic E-state index is 12.1. The number of Topliss-reactive ketones (excluding diaryl/α,β-unsaturated/α-hetero) is 1. The molecule has 3 heteroatoms. The second kappa shape index (κ2) is 7.08. The van der Waals surface area contributed by atoms with Crippen molar-refractivity contribution >= 4 is 5.78 Å². The summed E-state index contributed by atoms with van der Waals surface area (Å²) < 4.78 is 5.51. The van der Waals surface area contributed by atoms with Gasteiger partial charge in [-0.25, -0.2) is 0 Å². The summed E-state index contributed by atoms with van der Waals surface area (Å²) in [5, 5.41) is 3.37. The number of hydrogen-bond acceptors (Lipinski definition) is 3. The van der Waals surface area contributed by atoms with Crippen molar-refractivity contribution < 1.29 is 9.53 Å². The molecule has 0 aliphatic carbocycles. The van der Waals surface area contributed by atoms with Gasteiger partial charge in [-0.1, -0.05) is 12.1 Å². The Hall–Kier alpha value is -1.35. The minimum Gasteiger partial charge on any atom is -0.493 e. The van der Waals surface area contributed by atoms with E-state index >= 15 is 0 Å². The number of carbonyl (C=O) groups excluding carboxylic acids is 1. The van der Waals surface area contributed by atoms with Crippen LogP contribution in [0.3, 0.4) is 0 Å². The average molecular weight is 287 g/mol. The molecule has 0 amide bonds. The van der Waals surface area contributed by atoms with Gasteiger partial charge in [0.1, 0.15) is 11.5 Å². The van der Waals surface area contributed by atoms with Gasteiger partial charge in [0.15, 0.2) is 0 Å². The number of aryl methyl sites for hydroxylation is 1. The third-order valence-corrected chi connectivity index (χ3v) is 4.74. The van der Waals surface area contributed by atoms with Crippen LogP contribution in [-0.4, -0.2) is 25.5 Å². The quantitative estimate of drug-likeness (QED) is 0.874. The topological polar surface area (TPSA) is 38.3 Å². The van der Waals surface area contributed by atoms with E-state index in [1.807, 2.05) is 0 Å². The molecular formula is C18H25NO2. The molecule has 1 aromatic carbocycles. The molecule has 0 spiro atoms. The molecule has 1 fully saturated rings. The van der Waals surface area contributed by atoms with Crippen LogP contribution in [0.2, 0.25) is 0 Å². The van der Waals surface area contributed by atoms with Gasteiger partial charge >= 0.3 is 0 Å². The van der Waals surface area contributed by atoms with E-state index in [0.29, 0.717) is 12.2 Å². The number of carbonyl (C=O) groups is 1. The van der Waals surface area contributed by atoms with Gasteiger partial charge in [-0.15, -0.1) is 0 Å². The Balaban J connectivity index is 1.41. The van der Waals surface area contributed by atoms with Gasteiger partial charge in [0, 0.05) is 19.3 Å². The molecule has 0 radical (unpaired) electrons. The SMILES string of the molecule is O=C(CCc1ccc2c(c1)CCO2)CCC1CCNCC1. The molecule has 1 aromatic rings. The Morgan fingerprint density at radius 2 is 2.10 bits per heavy atom. The van der Waals surface area contributed by atoms with Crippen LogP contribution in [-0.2, 0) is 17.6 Å². The average Bonchev–Trinajstić information content (AvgIpc) is 2.99. The molecule has 3 nitrogen and oxygen atoms in total. The monoisotopic (exact) mass is 287 g/mol. The lowest BCUT2D eigenvalue weighted by Gasteiger charge is -2.22. The van der Waals surface area contributed by atoms with E-state index in [0.717, 1.165) is 57.0 Å². The first kappa shape index (κ1) is 14.6. The van der Waals surface area contributed by atoms with E-state index in [1.54, 1.807) is 0 Å². The lowest BCUT2D eigenvalue weighted by Crippen LogP contribution is -2.28. The smallest absolute Gasteiger partial charge is 0.133 e. The number of hydrogen-bond donors (Lipinski definition) is 1. The molecule has 0 bridgehead atoms. The highest BCUT2D eigenvalue weighted by atomic mass is 16.5. The van der Waals surface area contributed by atoms with Crippen LogP contribution >= 0.6 is 0 Å². The predicted molar refractivity (Wildman–Crippen MR) is 83.8 cm³/mol. The summed E-state index contributed by atoms with van der Waals surface area (Å²) in [5.41, 5.74) is 2.57. The molecule has 3 rings (SSSR count). The van der Waals surface area contributed by atoms with E-state index in [9.17, 15) is 4.79 Å². The molecule has 2 aliphatic rings. The lowest BCUT2D eigenvalue weighted by molar-refractivity contribution is -0.119. The van der Waals surface area contributed by atoms with E-state index in [4.69, 9.17) is 4.74 Å². The summed E-state index contributed by atoms with van der Waals surface area (Å²) >= 11 is 0. The number of ketones is 1. The molecule has 0 atom stereocenters. The third kappa shape index (κ3) is 4.07. The zero-order chi connectivity index (χ0) is 14.5. The van der Waals surface area contributed by atoms with Crippen LogP contribution < -0.4 is 10.1 Å². The summed E-state index contributed by atoms with van der Waals surface area (Å²) in [6.45, 7) is 3.04. The first-order valence-corrected chi connectivity index (χ1v) is 8.28. The molecule has 1 saturated heterocycles. The summed E-state index contributed by atoms with van der Waals surface area (Å²) in [7, 11) is 0. The van der Waals surface area contributed by atoms with Gasteiger partial charge in [-0.3, -0.25) is 4.79 Å². The van der Waals surface area contributed by atoms with Crippen LogP contribution in [0, 0.1) is 5.92 Å². The molecule has 0 saturated carbocycles. The summed E-state index contributed by atoms with van der Waals surface area (Å²) in [6.07, 6.45) is 6.88. The number of piperidine rings is 1. The van der Waals surface area contributed by atoms with Gasteiger partial charge in [-0.2, -0.15) is 0 Å². The Morgan fingerprint density at radius 1 is 1.24 bits per heavy atom. The first-order chi connectivity index (χ1) is 10.3. The fraction of sp³-hybridized carbons (Fsp3) is 0.611. The molecule has 2 heterocycles. The number of benzene rings is 1. The fourth-order valence-electron chi connectivity index (χ4n) is 3.34. The Labute approximate surface area is 127 Å². The third-order valence-electron chi connectivity index (χ3n) is 4.74. The molecule has 2 aliphatic heterocycles. The van der Waals surface area contributed by atoms with E-state index < -0.39 is 0 Å². The largest absolute Gasteiger partial charge is 0.493 e. The first-order valence-electron chi connectivity index (χ1n) is 8.28. The Morgan fingerprint density at radius 3 is 2.95 bits per heavy atom. The zero-order valence-corrected chi connectivity index (χ0v) is 12.7. The zero-order valence-electron chi connectivity index (χ0n) is 12.7. The van der Waals surface area contributed by atoms with Gasteiger partial charge in [0.2, 0.25) is 0 Å². The van der Waals surface area contributed by atoms with Crippen LogP contribution in [0.15, 0.2) is 18.2 Å². The fourth-order valence-corrected chi connectivity index (χ4v) is 3.34. The van der Waals surface area contributed by atoms with E-state index in [2.05, 4.69) is 23.5 Å². The van der Waals surface area contributed by atoms with E-state index in [-0.39, 0.29) is 0 Å². The van der Waals surface area contributed by atoms with Gasteiger partial charge in [-0.05, 0) is 61.9 Å². The highest BCUT2D eigenvalue weighted by Gasteiger charge is 2.15. The van der Waals surface area contributed by atoms with Gasteiger partial charge in [0.05, 0.1) is 6.61 Å². The summed E-state index contributed by atoms with van der Waals surface area (Å²) in [6, 6.07) is 6.36. The molecular weight excluding hydrogens is 262 g/mol. The minimum atomic E-state index is 0.422. The lowest BCUT2D eigenvalue weighted by atomic mass is 9.91. The molecule has 0 unspecified atom stereocenters. The predicted octanol–water partition coefficient (Wildman–Crippen LogP) is 2.90.